The van der Waals surface area contributed by atoms with Crippen molar-refractivity contribution in [2.75, 3.05) is 52.1 Å². The summed E-state index contributed by atoms with van der Waals surface area (Å²) in [5, 5.41) is 0.0629. The van der Waals surface area contributed by atoms with Crippen LogP contribution in [0, 0.1) is 5.82 Å². The monoisotopic (exact) mass is 371 g/mol. The minimum absolute atomic E-state index is 0.0527. The van der Waals surface area contributed by atoms with Gasteiger partial charge >= 0.3 is 0 Å². The molecule has 0 aromatic heterocycles. The molecule has 1 unspecified atom stereocenters. The quantitative estimate of drug-likeness (QED) is 0.795. The Bertz CT molecular complexity index is 595. The molecule has 0 spiro atoms. The van der Waals surface area contributed by atoms with Crippen LogP contribution in [0.15, 0.2) is 18.2 Å². The van der Waals surface area contributed by atoms with Gasteiger partial charge in [0.2, 0.25) is 5.91 Å². The number of benzene rings is 1. The molecule has 2 aliphatic heterocycles. The molecule has 24 heavy (non-hydrogen) atoms. The normalized spacial score (nSPS) is 23.2. The maximum Gasteiger partial charge on any atom is 0.233 e. The summed E-state index contributed by atoms with van der Waals surface area (Å²) in [6.45, 7) is 6.15. The van der Waals surface area contributed by atoms with Crippen LogP contribution < -0.4 is 0 Å². The first-order valence-electron chi connectivity index (χ1n) is 8.31. The van der Waals surface area contributed by atoms with Crippen molar-refractivity contribution in [3.05, 3.63) is 34.6 Å². The molecule has 0 saturated carbocycles. The van der Waals surface area contributed by atoms with Crippen molar-refractivity contribution >= 4 is 29.3 Å². The minimum Gasteiger partial charge on any atom is -0.326 e. The third-order valence-corrected chi connectivity index (χ3v) is 6.21. The van der Waals surface area contributed by atoms with E-state index < -0.39 is 5.82 Å². The van der Waals surface area contributed by atoms with Crippen LogP contribution in [0.3, 0.4) is 0 Å². The lowest BCUT2D eigenvalue weighted by atomic mass is 10.2. The van der Waals surface area contributed by atoms with E-state index in [0.717, 1.165) is 51.3 Å². The molecule has 0 aliphatic carbocycles. The second-order valence-electron chi connectivity index (χ2n) is 6.42. The van der Waals surface area contributed by atoms with Gasteiger partial charge in [-0.3, -0.25) is 4.79 Å². The van der Waals surface area contributed by atoms with Gasteiger partial charge in [-0.1, -0.05) is 17.7 Å². The molecule has 2 aliphatic rings. The lowest BCUT2D eigenvalue weighted by molar-refractivity contribution is -0.128. The molecular weight excluding hydrogens is 349 g/mol. The van der Waals surface area contributed by atoms with Gasteiger partial charge in [0, 0.05) is 32.7 Å². The molecular formula is C17H23ClFN3OS. The van der Waals surface area contributed by atoms with E-state index in [2.05, 4.69) is 16.8 Å². The largest absolute Gasteiger partial charge is 0.326 e. The Kier molecular flexibility index (Phi) is 6.02. The van der Waals surface area contributed by atoms with Gasteiger partial charge in [0.05, 0.1) is 10.8 Å². The minimum atomic E-state index is -0.420. The molecule has 0 bridgehead atoms. The maximum absolute atomic E-state index is 13.4. The van der Waals surface area contributed by atoms with Gasteiger partial charge in [-0.15, -0.1) is 11.8 Å². The standard InChI is InChI=1S/C17H23ClFN3OS/c1-20-7-9-21(10-8-20)5-2-6-22-16(23)12-24-17(22)13-3-4-15(19)14(18)11-13/h3-4,11,17H,2,5-10,12H2,1H3. The van der Waals surface area contributed by atoms with Gasteiger partial charge in [-0.2, -0.15) is 0 Å². The smallest absolute Gasteiger partial charge is 0.233 e. The number of piperazine rings is 1. The molecule has 132 valence electrons. The third kappa shape index (κ3) is 4.23. The van der Waals surface area contributed by atoms with Crippen LogP contribution in [0.25, 0.3) is 0 Å². The Hall–Kier alpha value is -0.820. The van der Waals surface area contributed by atoms with Crippen LogP contribution in [0.1, 0.15) is 17.4 Å². The molecule has 1 aromatic rings. The first kappa shape index (κ1) is 18.0. The first-order chi connectivity index (χ1) is 11.5. The van der Waals surface area contributed by atoms with Crippen molar-refractivity contribution in [3.8, 4) is 0 Å². The number of carbonyl (C=O) groups excluding carboxylic acids is 1. The van der Waals surface area contributed by atoms with Crippen molar-refractivity contribution in [1.29, 1.82) is 0 Å². The Labute approximate surface area is 151 Å². The number of amides is 1. The fraction of sp³-hybridized carbons (Fsp3) is 0.588. The summed E-state index contributed by atoms with van der Waals surface area (Å²) < 4.78 is 13.4. The van der Waals surface area contributed by atoms with Crippen LogP contribution in [-0.4, -0.2) is 72.7 Å². The first-order valence-corrected chi connectivity index (χ1v) is 9.74. The zero-order chi connectivity index (χ0) is 17.1. The molecule has 4 nitrogen and oxygen atoms in total. The summed E-state index contributed by atoms with van der Waals surface area (Å²) in [5.74, 6) is 0.217. The highest BCUT2D eigenvalue weighted by molar-refractivity contribution is 8.00. The van der Waals surface area contributed by atoms with Gasteiger partial charge < -0.3 is 14.7 Å². The molecule has 1 amide bonds. The lowest BCUT2D eigenvalue weighted by Gasteiger charge is -2.33. The van der Waals surface area contributed by atoms with E-state index in [4.69, 9.17) is 11.6 Å². The van der Waals surface area contributed by atoms with Gasteiger partial charge in [0.25, 0.3) is 0 Å². The number of hydrogen-bond acceptors (Lipinski definition) is 4. The third-order valence-electron chi connectivity index (χ3n) is 4.67. The average Bonchev–Trinajstić information content (AvgIpc) is 2.93. The van der Waals surface area contributed by atoms with Crippen LogP contribution in [-0.2, 0) is 4.79 Å². The number of likely N-dealkylation sites (N-methyl/N-ethyl adjacent to an activating group) is 1. The van der Waals surface area contributed by atoms with E-state index in [1.54, 1.807) is 23.9 Å². The highest BCUT2D eigenvalue weighted by Crippen LogP contribution is 2.39. The Balaban J connectivity index is 1.56. The molecule has 2 heterocycles. The Morgan fingerprint density at radius 2 is 2.00 bits per heavy atom. The van der Waals surface area contributed by atoms with Crippen LogP contribution in [0.4, 0.5) is 4.39 Å². The van der Waals surface area contributed by atoms with E-state index in [-0.39, 0.29) is 16.3 Å². The molecule has 7 heteroatoms. The molecule has 1 atom stereocenters. The summed E-state index contributed by atoms with van der Waals surface area (Å²) in [5.41, 5.74) is 0.900. The van der Waals surface area contributed by atoms with Crippen LogP contribution in [0.5, 0.6) is 0 Å². The van der Waals surface area contributed by atoms with Crippen molar-refractivity contribution in [2.24, 2.45) is 0 Å². The van der Waals surface area contributed by atoms with Gasteiger partial charge in [0.15, 0.2) is 0 Å². The SMILES string of the molecule is CN1CCN(CCCN2C(=O)CSC2c2ccc(F)c(Cl)c2)CC1. The second-order valence-corrected chi connectivity index (χ2v) is 7.90. The highest BCUT2D eigenvalue weighted by Gasteiger charge is 2.32. The van der Waals surface area contributed by atoms with E-state index in [1.807, 2.05) is 4.90 Å². The van der Waals surface area contributed by atoms with Crippen molar-refractivity contribution in [2.45, 2.75) is 11.8 Å². The number of rotatable bonds is 5. The summed E-state index contributed by atoms with van der Waals surface area (Å²) in [6.07, 6.45) is 0.960. The Morgan fingerprint density at radius 1 is 1.25 bits per heavy atom. The van der Waals surface area contributed by atoms with Crippen LogP contribution in [0.2, 0.25) is 5.02 Å². The van der Waals surface area contributed by atoms with E-state index >= 15 is 0 Å². The van der Waals surface area contributed by atoms with Crippen LogP contribution >= 0.6 is 23.4 Å². The number of nitrogens with zero attached hydrogens (tertiary/aromatic N) is 3. The molecule has 0 radical (unpaired) electrons. The van der Waals surface area contributed by atoms with Gasteiger partial charge in [0.1, 0.15) is 11.2 Å². The summed E-state index contributed by atoms with van der Waals surface area (Å²) in [7, 11) is 2.15. The zero-order valence-electron chi connectivity index (χ0n) is 13.9. The fourth-order valence-corrected chi connectivity index (χ4v) is 4.57. The molecule has 3 rings (SSSR count). The topological polar surface area (TPSA) is 26.8 Å². The number of hydrogen-bond donors (Lipinski definition) is 0. The predicted molar refractivity (Wildman–Crippen MR) is 96.9 cm³/mol. The summed E-state index contributed by atoms with van der Waals surface area (Å²) in [6, 6.07) is 4.75. The zero-order valence-corrected chi connectivity index (χ0v) is 15.5. The number of thioether (sulfide) groups is 1. The second kappa shape index (κ2) is 8.04. The van der Waals surface area contributed by atoms with Crippen molar-refractivity contribution in [3.63, 3.8) is 0 Å². The predicted octanol–water partition coefficient (Wildman–Crippen LogP) is 2.69. The summed E-state index contributed by atoms with van der Waals surface area (Å²) >= 11 is 7.48. The van der Waals surface area contributed by atoms with E-state index in [0.29, 0.717) is 5.75 Å². The number of halogens is 2. The Morgan fingerprint density at radius 3 is 2.71 bits per heavy atom. The van der Waals surface area contributed by atoms with E-state index in [1.165, 1.54) is 6.07 Å². The maximum atomic E-state index is 13.4. The van der Waals surface area contributed by atoms with Crippen molar-refractivity contribution < 1.29 is 9.18 Å². The molecule has 2 saturated heterocycles. The van der Waals surface area contributed by atoms with Gasteiger partial charge in [-0.05, 0) is 37.7 Å². The average molecular weight is 372 g/mol. The number of carbonyl (C=O) groups is 1. The lowest BCUT2D eigenvalue weighted by Crippen LogP contribution is -2.45. The van der Waals surface area contributed by atoms with E-state index in [9.17, 15) is 9.18 Å². The fourth-order valence-electron chi connectivity index (χ4n) is 3.17. The highest BCUT2D eigenvalue weighted by atomic mass is 35.5. The van der Waals surface area contributed by atoms with Gasteiger partial charge in [-0.25, -0.2) is 4.39 Å². The summed E-state index contributed by atoms with van der Waals surface area (Å²) in [4.78, 5) is 18.9. The molecule has 2 fully saturated rings. The molecule has 1 aromatic carbocycles. The molecule has 0 N–H and O–H groups in total. The van der Waals surface area contributed by atoms with Crippen molar-refractivity contribution in [1.82, 2.24) is 14.7 Å².